The summed E-state index contributed by atoms with van der Waals surface area (Å²) in [6, 6.07) is 20.2. The highest BCUT2D eigenvalue weighted by Gasteiger charge is 2.26. The summed E-state index contributed by atoms with van der Waals surface area (Å²) in [5, 5.41) is 14.8. The molecule has 3 aromatic heterocycles. The molecule has 2 aromatic carbocycles. The highest BCUT2D eigenvalue weighted by molar-refractivity contribution is 5.83. The number of aromatic nitrogens is 3. The van der Waals surface area contributed by atoms with Crippen LogP contribution in [-0.2, 0) is 11.2 Å². The molecule has 0 aliphatic carbocycles. The monoisotopic (exact) mass is 482 g/mol. The number of pyridine rings is 1. The van der Waals surface area contributed by atoms with Gasteiger partial charge in [0.25, 0.3) is 5.56 Å². The molecule has 0 spiro atoms. The van der Waals surface area contributed by atoms with Gasteiger partial charge in [-0.05, 0) is 47.9 Å². The number of nitrogens with one attached hydrogen (secondary N) is 2. The van der Waals surface area contributed by atoms with Gasteiger partial charge in [-0.15, -0.1) is 0 Å². The van der Waals surface area contributed by atoms with E-state index in [9.17, 15) is 14.7 Å². The van der Waals surface area contributed by atoms with Crippen LogP contribution in [0.5, 0.6) is 11.6 Å². The van der Waals surface area contributed by atoms with Crippen LogP contribution in [0.25, 0.3) is 16.6 Å². The van der Waals surface area contributed by atoms with Gasteiger partial charge in [-0.25, -0.2) is 0 Å². The summed E-state index contributed by atoms with van der Waals surface area (Å²) in [4.78, 5) is 33.9. The van der Waals surface area contributed by atoms with E-state index in [0.717, 1.165) is 16.5 Å². The molecule has 1 atom stereocenters. The van der Waals surface area contributed by atoms with Crippen molar-refractivity contribution in [2.75, 3.05) is 13.7 Å². The number of hydrogen-bond acceptors (Lipinski definition) is 5. The first-order valence-electron chi connectivity index (χ1n) is 11.7. The van der Waals surface area contributed by atoms with Crippen LogP contribution >= 0.6 is 0 Å². The summed E-state index contributed by atoms with van der Waals surface area (Å²) in [7, 11) is 1.57. The standard InChI is InChI=1S/C28H26N4O4/c1-36-20-11-9-18(10-12-20)22(26-27(34)31-24-8-4-5-15-32(24)28(26)35)16-25(33)29-14-13-19-17-30-23-7-3-2-6-21(19)23/h2-12,15,17,22,30,34H,13-14,16H2,1H3,(H,29,33). The average Bonchev–Trinajstić information content (AvgIpc) is 3.31. The van der Waals surface area contributed by atoms with E-state index >= 15 is 0 Å². The molecule has 5 aromatic rings. The molecule has 0 radical (unpaired) electrons. The number of carbonyl (C=O) groups excluding carboxylic acids is 1. The molecule has 0 saturated heterocycles. The van der Waals surface area contributed by atoms with Crippen LogP contribution in [0.1, 0.15) is 29.0 Å². The van der Waals surface area contributed by atoms with Gasteiger partial charge in [0, 0.05) is 42.2 Å². The smallest absolute Gasteiger partial charge is 0.265 e. The second-order valence-corrected chi connectivity index (χ2v) is 8.57. The second kappa shape index (κ2) is 9.95. The van der Waals surface area contributed by atoms with Crippen molar-refractivity contribution < 1.29 is 14.6 Å². The zero-order valence-corrected chi connectivity index (χ0v) is 19.8. The average molecular weight is 483 g/mol. The normalized spacial score (nSPS) is 12.0. The van der Waals surface area contributed by atoms with Crippen LogP contribution in [0.4, 0.5) is 0 Å². The van der Waals surface area contributed by atoms with Crippen molar-refractivity contribution in [3.63, 3.8) is 0 Å². The van der Waals surface area contributed by atoms with Crippen LogP contribution < -0.4 is 15.6 Å². The molecule has 0 fully saturated rings. The Labute approximate surface area is 207 Å². The van der Waals surface area contributed by atoms with Gasteiger partial charge in [0.05, 0.1) is 12.7 Å². The summed E-state index contributed by atoms with van der Waals surface area (Å²) in [5.74, 6) is -0.648. The van der Waals surface area contributed by atoms with Crippen molar-refractivity contribution in [2.45, 2.75) is 18.8 Å². The summed E-state index contributed by atoms with van der Waals surface area (Å²) in [6.07, 6.45) is 4.19. The number of hydrogen-bond donors (Lipinski definition) is 3. The number of para-hydroxylation sites is 1. The molecule has 5 rings (SSSR count). The number of benzene rings is 2. The number of fused-ring (bicyclic) bond motifs is 2. The van der Waals surface area contributed by atoms with Gasteiger partial charge in [-0.1, -0.05) is 36.4 Å². The third-order valence-electron chi connectivity index (χ3n) is 6.40. The Morgan fingerprint density at radius 1 is 1.11 bits per heavy atom. The Hall–Kier alpha value is -4.59. The quantitative estimate of drug-likeness (QED) is 0.312. The van der Waals surface area contributed by atoms with Crippen molar-refractivity contribution in [1.82, 2.24) is 19.7 Å². The van der Waals surface area contributed by atoms with E-state index < -0.39 is 11.5 Å². The third-order valence-corrected chi connectivity index (χ3v) is 6.40. The van der Waals surface area contributed by atoms with Crippen LogP contribution in [0.2, 0.25) is 0 Å². The van der Waals surface area contributed by atoms with Crippen LogP contribution in [0, 0.1) is 0 Å². The molecule has 1 amide bonds. The Morgan fingerprint density at radius 3 is 2.69 bits per heavy atom. The maximum Gasteiger partial charge on any atom is 0.265 e. The summed E-state index contributed by atoms with van der Waals surface area (Å²) >= 11 is 0. The maximum atomic E-state index is 13.4. The summed E-state index contributed by atoms with van der Waals surface area (Å²) < 4.78 is 6.63. The fraction of sp³-hybridized carbons (Fsp3) is 0.179. The van der Waals surface area contributed by atoms with Gasteiger partial charge in [0.15, 0.2) is 0 Å². The largest absolute Gasteiger partial charge is 0.497 e. The molecule has 182 valence electrons. The van der Waals surface area contributed by atoms with Crippen molar-refractivity contribution in [3.05, 3.63) is 106 Å². The number of methoxy groups -OCH3 is 1. The van der Waals surface area contributed by atoms with E-state index in [0.29, 0.717) is 29.9 Å². The summed E-state index contributed by atoms with van der Waals surface area (Å²) in [6.45, 7) is 0.441. The first-order valence-corrected chi connectivity index (χ1v) is 11.7. The molecule has 3 N–H and O–H groups in total. The van der Waals surface area contributed by atoms with Crippen molar-refractivity contribution in [2.24, 2.45) is 0 Å². The van der Waals surface area contributed by atoms with Crippen molar-refractivity contribution in [3.8, 4) is 11.6 Å². The predicted octanol–water partition coefficient (Wildman–Crippen LogP) is 3.77. The van der Waals surface area contributed by atoms with Gasteiger partial charge in [0.1, 0.15) is 11.4 Å². The SMILES string of the molecule is COc1ccc(C(CC(=O)NCCc2c[nH]c3ccccc23)c2c(O)nc3ccccn3c2=O)cc1. The number of aromatic hydroxyl groups is 1. The van der Waals surface area contributed by atoms with Crippen LogP contribution in [0.15, 0.2) is 83.9 Å². The topological polar surface area (TPSA) is 109 Å². The van der Waals surface area contributed by atoms with E-state index in [-0.39, 0.29) is 23.8 Å². The lowest BCUT2D eigenvalue weighted by molar-refractivity contribution is -0.121. The molecule has 0 saturated carbocycles. The van der Waals surface area contributed by atoms with E-state index in [2.05, 4.69) is 15.3 Å². The lowest BCUT2D eigenvalue weighted by Gasteiger charge is -2.19. The number of ether oxygens (including phenoxy) is 1. The number of rotatable bonds is 8. The molecule has 8 heteroatoms. The summed E-state index contributed by atoms with van der Waals surface area (Å²) in [5.41, 5.74) is 2.87. The molecule has 0 bridgehead atoms. The Bertz CT molecular complexity index is 1590. The molecular formula is C28H26N4O4. The van der Waals surface area contributed by atoms with E-state index in [1.165, 1.54) is 4.40 Å². The number of H-pyrrole nitrogens is 1. The molecular weight excluding hydrogens is 456 g/mol. The zero-order valence-electron chi connectivity index (χ0n) is 19.8. The van der Waals surface area contributed by atoms with Crippen LogP contribution in [0.3, 0.4) is 0 Å². The highest BCUT2D eigenvalue weighted by Crippen LogP contribution is 2.32. The Kier molecular flexibility index (Phi) is 6.40. The number of amides is 1. The van der Waals surface area contributed by atoms with E-state index in [4.69, 9.17) is 4.74 Å². The van der Waals surface area contributed by atoms with Gasteiger partial charge in [-0.2, -0.15) is 4.98 Å². The predicted molar refractivity (Wildman–Crippen MR) is 138 cm³/mol. The maximum absolute atomic E-state index is 13.4. The molecule has 1 unspecified atom stereocenters. The fourth-order valence-electron chi connectivity index (χ4n) is 4.55. The van der Waals surface area contributed by atoms with Gasteiger partial charge in [-0.3, -0.25) is 14.0 Å². The molecule has 0 aliphatic rings. The van der Waals surface area contributed by atoms with E-state index in [1.807, 2.05) is 30.5 Å². The molecule has 3 heterocycles. The van der Waals surface area contributed by atoms with Crippen LogP contribution in [-0.4, -0.2) is 39.0 Å². The number of nitrogens with zero attached hydrogens (tertiary/aromatic N) is 2. The fourth-order valence-corrected chi connectivity index (χ4v) is 4.55. The first kappa shape index (κ1) is 23.2. The Morgan fingerprint density at radius 2 is 1.89 bits per heavy atom. The van der Waals surface area contributed by atoms with Gasteiger partial charge in [0.2, 0.25) is 11.8 Å². The van der Waals surface area contributed by atoms with Crippen molar-refractivity contribution in [1.29, 1.82) is 0 Å². The van der Waals surface area contributed by atoms with E-state index in [1.54, 1.807) is 55.8 Å². The molecule has 8 nitrogen and oxygen atoms in total. The van der Waals surface area contributed by atoms with Crippen molar-refractivity contribution >= 4 is 22.5 Å². The first-order chi connectivity index (χ1) is 17.5. The van der Waals surface area contributed by atoms with Gasteiger partial charge < -0.3 is 20.1 Å². The molecule has 0 aliphatic heterocycles. The zero-order chi connectivity index (χ0) is 25.1. The highest BCUT2D eigenvalue weighted by atomic mass is 16.5. The third kappa shape index (κ3) is 4.53. The number of aromatic amines is 1. The lowest BCUT2D eigenvalue weighted by Crippen LogP contribution is -2.30. The van der Waals surface area contributed by atoms with Gasteiger partial charge >= 0.3 is 0 Å². The molecule has 36 heavy (non-hydrogen) atoms. The Balaban J connectivity index is 1.41. The second-order valence-electron chi connectivity index (χ2n) is 8.57. The minimum absolute atomic E-state index is 0.0242. The minimum Gasteiger partial charge on any atom is -0.497 e. The lowest BCUT2D eigenvalue weighted by atomic mass is 9.89. The minimum atomic E-state index is -0.693. The number of carbonyl (C=O) groups is 1.